The van der Waals surface area contributed by atoms with Crippen molar-refractivity contribution in [3.8, 4) is 23.3 Å². The molecule has 2 fully saturated rings. The van der Waals surface area contributed by atoms with Crippen molar-refractivity contribution >= 4 is 11.7 Å². The minimum absolute atomic E-state index is 0.117. The molecule has 174 valence electrons. The Bertz CT molecular complexity index is 1350. The topological polar surface area (TPSA) is 115 Å². The van der Waals surface area contributed by atoms with Crippen LogP contribution in [0.4, 0.5) is 5.82 Å². The van der Waals surface area contributed by atoms with Crippen LogP contribution in [-0.2, 0) is 4.74 Å². The second-order valence-corrected chi connectivity index (χ2v) is 8.91. The highest BCUT2D eigenvalue weighted by Crippen LogP contribution is 2.52. The number of ether oxygens (including phenoxy) is 1. The van der Waals surface area contributed by atoms with Crippen molar-refractivity contribution in [2.45, 2.75) is 24.8 Å². The molecule has 2 atom stereocenters. The normalized spacial score (nSPS) is 21.0. The van der Waals surface area contributed by atoms with Gasteiger partial charge in [0.25, 0.3) is 5.91 Å². The number of amides is 1. The number of nitriles is 2. The van der Waals surface area contributed by atoms with Crippen LogP contribution in [0, 0.1) is 29.6 Å². The third kappa shape index (κ3) is 4.32. The Labute approximate surface area is 203 Å². The lowest BCUT2D eigenvalue weighted by Crippen LogP contribution is -2.37. The van der Waals surface area contributed by atoms with E-state index < -0.39 is 5.54 Å². The first-order chi connectivity index (χ1) is 17.0. The van der Waals surface area contributed by atoms with Crippen LogP contribution >= 0.6 is 0 Å². The monoisotopic (exact) mass is 464 g/mol. The Kier molecular flexibility index (Phi) is 5.90. The summed E-state index contributed by atoms with van der Waals surface area (Å²) in [5.41, 5.74) is 3.88. The Morgan fingerprint density at radius 3 is 2.66 bits per heavy atom. The Morgan fingerprint density at radius 2 is 1.94 bits per heavy atom. The molecule has 1 aliphatic heterocycles. The number of hydrogen-bond acceptors (Lipinski definition) is 7. The molecule has 2 unspecified atom stereocenters. The first kappa shape index (κ1) is 22.5. The number of rotatable bonds is 5. The third-order valence-corrected chi connectivity index (χ3v) is 6.71. The van der Waals surface area contributed by atoms with Gasteiger partial charge >= 0.3 is 0 Å². The summed E-state index contributed by atoms with van der Waals surface area (Å²) in [7, 11) is 0. The first-order valence-corrected chi connectivity index (χ1v) is 11.5. The molecule has 5 rings (SSSR count). The maximum Gasteiger partial charge on any atom is 0.252 e. The van der Waals surface area contributed by atoms with Gasteiger partial charge in [0.2, 0.25) is 0 Å². The van der Waals surface area contributed by atoms with Crippen LogP contribution in [0.15, 0.2) is 55.0 Å². The summed E-state index contributed by atoms with van der Waals surface area (Å²) in [5, 5.41) is 22.6. The minimum Gasteiger partial charge on any atom is -0.378 e. The van der Waals surface area contributed by atoms with Gasteiger partial charge in [-0.3, -0.25) is 9.78 Å². The van der Waals surface area contributed by atoms with Gasteiger partial charge in [-0.15, -0.1) is 0 Å². The lowest BCUT2D eigenvalue weighted by atomic mass is 9.95. The fourth-order valence-corrected chi connectivity index (χ4v) is 4.61. The number of pyridine rings is 2. The van der Waals surface area contributed by atoms with Crippen molar-refractivity contribution in [3.63, 3.8) is 0 Å². The summed E-state index contributed by atoms with van der Waals surface area (Å²) >= 11 is 0. The fourth-order valence-electron chi connectivity index (χ4n) is 4.61. The molecule has 0 bridgehead atoms. The van der Waals surface area contributed by atoms with E-state index in [1.165, 1.54) is 0 Å². The molecule has 1 amide bonds. The molecule has 1 aromatic carbocycles. The lowest BCUT2D eigenvalue weighted by Gasteiger charge is -2.28. The van der Waals surface area contributed by atoms with Crippen molar-refractivity contribution in [2.75, 3.05) is 31.2 Å². The van der Waals surface area contributed by atoms with Gasteiger partial charge in [-0.1, -0.05) is 18.2 Å². The number of benzene rings is 1. The minimum atomic E-state index is -0.941. The second kappa shape index (κ2) is 9.17. The van der Waals surface area contributed by atoms with Crippen molar-refractivity contribution in [2.24, 2.45) is 0 Å². The van der Waals surface area contributed by atoms with Gasteiger partial charge in [-0.25, -0.2) is 4.98 Å². The predicted octanol–water partition coefficient (Wildman–Crippen LogP) is 3.34. The quantitative estimate of drug-likeness (QED) is 0.616. The molecular weight excluding hydrogens is 440 g/mol. The van der Waals surface area contributed by atoms with E-state index in [-0.39, 0.29) is 11.8 Å². The zero-order valence-electron chi connectivity index (χ0n) is 19.4. The van der Waals surface area contributed by atoms with Gasteiger partial charge in [-0.05, 0) is 48.2 Å². The average molecular weight is 465 g/mol. The SMILES string of the molecule is Cc1ccc(C2CC2(C#N)NC(=O)c2ccncc2)cc1-c1cnc(N2CCOCC2)c(C#N)c1. The molecule has 0 radical (unpaired) electrons. The molecule has 1 saturated carbocycles. The maximum absolute atomic E-state index is 12.7. The van der Waals surface area contributed by atoms with E-state index in [2.05, 4.69) is 32.3 Å². The van der Waals surface area contributed by atoms with Crippen LogP contribution in [0.1, 0.15) is 39.4 Å². The molecule has 2 aliphatic rings. The summed E-state index contributed by atoms with van der Waals surface area (Å²) in [6, 6.07) is 15.8. The molecule has 35 heavy (non-hydrogen) atoms. The molecule has 3 heterocycles. The van der Waals surface area contributed by atoms with Crippen LogP contribution < -0.4 is 10.2 Å². The molecule has 1 aliphatic carbocycles. The van der Waals surface area contributed by atoms with Gasteiger partial charge in [0, 0.05) is 48.7 Å². The van der Waals surface area contributed by atoms with Gasteiger partial charge in [0.1, 0.15) is 17.4 Å². The van der Waals surface area contributed by atoms with E-state index in [0.717, 1.165) is 22.3 Å². The molecule has 2 aromatic heterocycles. The molecular formula is C27H24N6O2. The highest BCUT2D eigenvalue weighted by Gasteiger charge is 2.57. The number of anilines is 1. The molecule has 8 nitrogen and oxygen atoms in total. The summed E-state index contributed by atoms with van der Waals surface area (Å²) in [4.78, 5) is 23.3. The average Bonchev–Trinajstić information content (AvgIpc) is 3.63. The van der Waals surface area contributed by atoms with Gasteiger partial charge in [0.15, 0.2) is 0 Å². The Morgan fingerprint density at radius 1 is 1.17 bits per heavy atom. The third-order valence-electron chi connectivity index (χ3n) is 6.71. The molecule has 1 N–H and O–H groups in total. The largest absolute Gasteiger partial charge is 0.378 e. The van der Waals surface area contributed by atoms with Gasteiger partial charge in [0.05, 0.1) is 24.8 Å². The zero-order valence-corrected chi connectivity index (χ0v) is 19.4. The van der Waals surface area contributed by atoms with Gasteiger partial charge < -0.3 is 15.0 Å². The highest BCUT2D eigenvalue weighted by atomic mass is 16.5. The smallest absolute Gasteiger partial charge is 0.252 e. The summed E-state index contributed by atoms with van der Waals surface area (Å²) < 4.78 is 5.42. The van der Waals surface area contributed by atoms with Crippen molar-refractivity contribution in [1.82, 2.24) is 15.3 Å². The summed E-state index contributed by atoms with van der Waals surface area (Å²) in [6.07, 6.45) is 5.45. The van der Waals surface area contributed by atoms with Crippen LogP contribution in [0.5, 0.6) is 0 Å². The van der Waals surface area contributed by atoms with E-state index >= 15 is 0 Å². The molecule has 1 saturated heterocycles. The number of aryl methyl sites for hydroxylation is 1. The van der Waals surface area contributed by atoms with Crippen molar-refractivity contribution in [1.29, 1.82) is 10.5 Å². The lowest BCUT2D eigenvalue weighted by molar-refractivity contribution is 0.0940. The van der Waals surface area contributed by atoms with Crippen molar-refractivity contribution in [3.05, 3.63) is 77.2 Å². The first-order valence-electron chi connectivity index (χ1n) is 11.5. The van der Waals surface area contributed by atoms with E-state index in [1.807, 2.05) is 31.2 Å². The Hall–Kier alpha value is -4.27. The van der Waals surface area contributed by atoms with Gasteiger partial charge in [-0.2, -0.15) is 10.5 Å². The highest BCUT2D eigenvalue weighted by molar-refractivity contribution is 5.95. The number of nitrogens with zero attached hydrogens (tertiary/aromatic N) is 5. The van der Waals surface area contributed by atoms with Crippen LogP contribution in [-0.4, -0.2) is 47.7 Å². The second-order valence-electron chi connectivity index (χ2n) is 8.91. The zero-order chi connectivity index (χ0) is 24.4. The Balaban J connectivity index is 1.41. The number of nitrogens with one attached hydrogen (secondary N) is 1. The predicted molar refractivity (Wildman–Crippen MR) is 130 cm³/mol. The number of carbonyl (C=O) groups is 1. The molecule has 8 heteroatoms. The molecule has 0 spiro atoms. The number of aromatic nitrogens is 2. The van der Waals surface area contributed by atoms with E-state index in [0.29, 0.717) is 49.7 Å². The van der Waals surface area contributed by atoms with Crippen LogP contribution in [0.3, 0.4) is 0 Å². The standard InChI is InChI=1S/C27H24N6O2/c1-18-2-3-20(24-14-27(24,17-29)32-26(34)19-4-6-30-7-5-19)13-23(18)22-12-21(15-28)25(31-16-22)33-8-10-35-11-9-33/h2-7,12-13,16,24H,8-11,14H2,1H3,(H,32,34). The van der Waals surface area contributed by atoms with E-state index in [1.54, 1.807) is 30.7 Å². The summed E-state index contributed by atoms with van der Waals surface area (Å²) in [6.45, 7) is 4.67. The summed E-state index contributed by atoms with van der Waals surface area (Å²) in [5.74, 6) is 0.275. The van der Waals surface area contributed by atoms with E-state index in [9.17, 15) is 15.3 Å². The number of hydrogen-bond donors (Lipinski definition) is 1. The molecule has 3 aromatic rings. The fraction of sp³-hybridized carbons (Fsp3) is 0.296. The number of morpholine rings is 1. The number of carbonyl (C=O) groups excluding carboxylic acids is 1. The van der Waals surface area contributed by atoms with Crippen molar-refractivity contribution < 1.29 is 9.53 Å². The van der Waals surface area contributed by atoms with E-state index in [4.69, 9.17) is 4.74 Å². The van der Waals surface area contributed by atoms with Crippen LogP contribution in [0.25, 0.3) is 11.1 Å². The maximum atomic E-state index is 12.7. The van der Waals surface area contributed by atoms with Crippen LogP contribution in [0.2, 0.25) is 0 Å².